The Labute approximate surface area is 95.7 Å². The molecule has 1 aliphatic heterocycles. The molecule has 86 valence electrons. The van der Waals surface area contributed by atoms with E-state index in [0.717, 1.165) is 0 Å². The summed E-state index contributed by atoms with van der Waals surface area (Å²) in [4.78, 5) is 0. The molecule has 0 bridgehead atoms. The van der Waals surface area contributed by atoms with Crippen molar-refractivity contribution in [1.82, 2.24) is 4.31 Å². The molecule has 15 heavy (non-hydrogen) atoms. The minimum absolute atomic E-state index is 0.300. The molecule has 4 nitrogen and oxygen atoms in total. The summed E-state index contributed by atoms with van der Waals surface area (Å²) < 4.78 is 25.3. The van der Waals surface area contributed by atoms with Gasteiger partial charge in [-0.25, -0.2) is 8.42 Å². The summed E-state index contributed by atoms with van der Waals surface area (Å²) in [6.45, 7) is 6.50. The van der Waals surface area contributed by atoms with Gasteiger partial charge in [0.1, 0.15) is 0 Å². The van der Waals surface area contributed by atoms with Crippen LogP contribution < -0.4 is 0 Å². The smallest absolute Gasteiger partial charge is 0.211 e. The van der Waals surface area contributed by atoms with Crippen LogP contribution in [0.3, 0.4) is 0 Å². The van der Waals surface area contributed by atoms with Crippen LogP contribution in [0.5, 0.6) is 0 Å². The molecule has 3 atom stereocenters. The number of nitriles is 1. The van der Waals surface area contributed by atoms with Crippen LogP contribution >= 0.6 is 11.8 Å². The molecule has 1 saturated heterocycles. The Morgan fingerprint density at radius 1 is 1.40 bits per heavy atom. The number of hydrogen-bond donors (Lipinski definition) is 0. The zero-order valence-electron chi connectivity index (χ0n) is 9.17. The van der Waals surface area contributed by atoms with Gasteiger partial charge in [-0.3, -0.25) is 0 Å². The van der Waals surface area contributed by atoms with Crippen molar-refractivity contribution in [1.29, 1.82) is 5.26 Å². The van der Waals surface area contributed by atoms with Gasteiger partial charge in [-0.1, -0.05) is 13.8 Å². The summed E-state index contributed by atoms with van der Waals surface area (Å²) in [6, 6.07) is 1.80. The van der Waals surface area contributed by atoms with Crippen molar-refractivity contribution in [2.75, 3.05) is 13.1 Å². The second-order valence-corrected chi connectivity index (χ2v) is 8.03. The summed E-state index contributed by atoms with van der Waals surface area (Å²) in [7, 11) is -3.42. The van der Waals surface area contributed by atoms with Crippen LogP contribution in [0.4, 0.5) is 0 Å². The summed E-state index contributed by atoms with van der Waals surface area (Å²) in [6.07, 6.45) is 0. The van der Waals surface area contributed by atoms with Gasteiger partial charge in [0.15, 0.2) is 5.25 Å². The third kappa shape index (κ3) is 2.86. The molecule has 0 N–H and O–H groups in total. The number of thioether (sulfide) groups is 1. The molecule has 3 unspecified atom stereocenters. The van der Waals surface area contributed by atoms with Crippen LogP contribution in [0.15, 0.2) is 0 Å². The van der Waals surface area contributed by atoms with E-state index in [2.05, 4.69) is 0 Å². The van der Waals surface area contributed by atoms with Crippen molar-refractivity contribution in [3.8, 4) is 6.07 Å². The number of hydrogen-bond acceptors (Lipinski definition) is 4. The monoisotopic (exact) mass is 248 g/mol. The van der Waals surface area contributed by atoms with Crippen molar-refractivity contribution >= 4 is 21.8 Å². The lowest BCUT2D eigenvalue weighted by molar-refractivity contribution is 0.402. The molecule has 0 amide bonds. The van der Waals surface area contributed by atoms with E-state index < -0.39 is 15.3 Å². The summed E-state index contributed by atoms with van der Waals surface area (Å²) in [5, 5.41) is 8.33. The molecule has 0 aromatic heterocycles. The van der Waals surface area contributed by atoms with Gasteiger partial charge in [0.25, 0.3) is 0 Å². The zero-order valence-corrected chi connectivity index (χ0v) is 10.8. The zero-order chi connectivity index (χ0) is 11.6. The lowest BCUT2D eigenvalue weighted by Gasteiger charge is -2.34. The lowest BCUT2D eigenvalue weighted by atomic mass is 10.4. The van der Waals surface area contributed by atoms with Gasteiger partial charge >= 0.3 is 0 Å². The van der Waals surface area contributed by atoms with Crippen molar-refractivity contribution in [2.45, 2.75) is 36.5 Å². The van der Waals surface area contributed by atoms with E-state index in [0.29, 0.717) is 23.6 Å². The normalized spacial score (nSPS) is 30.8. The first-order valence-corrected chi connectivity index (χ1v) is 7.36. The molecule has 1 aliphatic rings. The van der Waals surface area contributed by atoms with Crippen molar-refractivity contribution in [3.05, 3.63) is 0 Å². The van der Waals surface area contributed by atoms with Crippen LogP contribution in [-0.4, -0.2) is 41.6 Å². The predicted molar refractivity (Wildman–Crippen MR) is 62.1 cm³/mol. The van der Waals surface area contributed by atoms with Gasteiger partial charge in [0.05, 0.1) is 6.07 Å². The maximum absolute atomic E-state index is 11.9. The first kappa shape index (κ1) is 12.8. The topological polar surface area (TPSA) is 61.2 Å². The molecular weight excluding hydrogens is 232 g/mol. The molecular formula is C9H16N2O2S2. The van der Waals surface area contributed by atoms with Gasteiger partial charge in [0, 0.05) is 23.6 Å². The Hall–Kier alpha value is -0.250. The van der Waals surface area contributed by atoms with Crippen molar-refractivity contribution < 1.29 is 8.42 Å². The lowest BCUT2D eigenvalue weighted by Crippen LogP contribution is -2.46. The standard InChI is InChI=1S/C9H16N2O2S2/c1-7-5-11(6-8(2)14-7)15(12,13)9(3)4-10/h7-9H,5-6H2,1-3H3. The van der Waals surface area contributed by atoms with Gasteiger partial charge in [0.2, 0.25) is 10.0 Å². The SMILES string of the molecule is CC1CN(S(=O)(=O)C(C)C#N)CC(C)S1. The molecule has 0 aliphatic carbocycles. The van der Waals surface area contributed by atoms with Gasteiger partial charge in [-0.2, -0.15) is 21.3 Å². The fourth-order valence-corrected chi connectivity index (χ4v) is 4.59. The molecule has 1 rings (SSSR count). The second kappa shape index (κ2) is 4.73. The molecule has 0 aromatic rings. The summed E-state index contributed by atoms with van der Waals surface area (Å²) in [5.41, 5.74) is 0. The molecule has 0 spiro atoms. The summed E-state index contributed by atoms with van der Waals surface area (Å²) in [5.74, 6) is 0. The molecule has 0 saturated carbocycles. The van der Waals surface area contributed by atoms with Crippen LogP contribution in [0.2, 0.25) is 0 Å². The van der Waals surface area contributed by atoms with Crippen LogP contribution in [0.1, 0.15) is 20.8 Å². The van der Waals surface area contributed by atoms with E-state index in [9.17, 15) is 8.42 Å². The molecule has 1 heterocycles. The second-order valence-electron chi connectivity index (χ2n) is 3.89. The van der Waals surface area contributed by atoms with Crippen LogP contribution in [0, 0.1) is 11.3 Å². The predicted octanol–water partition coefficient (Wildman–Crippen LogP) is 1.05. The maximum atomic E-state index is 11.9. The Morgan fingerprint density at radius 2 is 1.87 bits per heavy atom. The first-order valence-electron chi connectivity index (χ1n) is 4.92. The highest BCUT2D eigenvalue weighted by Gasteiger charge is 2.34. The van der Waals surface area contributed by atoms with Gasteiger partial charge in [-0.05, 0) is 6.92 Å². The van der Waals surface area contributed by atoms with E-state index in [-0.39, 0.29) is 0 Å². The van der Waals surface area contributed by atoms with Gasteiger partial charge < -0.3 is 0 Å². The quantitative estimate of drug-likeness (QED) is 0.733. The highest BCUT2D eigenvalue weighted by Crippen LogP contribution is 2.27. The van der Waals surface area contributed by atoms with E-state index >= 15 is 0 Å². The highest BCUT2D eigenvalue weighted by molar-refractivity contribution is 8.00. The fourth-order valence-electron chi connectivity index (χ4n) is 1.63. The Bertz CT molecular complexity index is 351. The average Bonchev–Trinajstić information content (AvgIpc) is 2.15. The number of nitrogens with zero attached hydrogens (tertiary/aromatic N) is 2. The molecule has 1 fully saturated rings. The third-order valence-corrected chi connectivity index (χ3v) is 5.62. The fraction of sp³-hybridized carbons (Fsp3) is 0.889. The van der Waals surface area contributed by atoms with Crippen LogP contribution in [0.25, 0.3) is 0 Å². The van der Waals surface area contributed by atoms with Crippen LogP contribution in [-0.2, 0) is 10.0 Å². The molecule has 0 radical (unpaired) electrons. The Kier molecular flexibility index (Phi) is 4.04. The Balaban J connectivity index is 2.84. The van der Waals surface area contributed by atoms with E-state index in [4.69, 9.17) is 5.26 Å². The first-order chi connectivity index (χ1) is 6.87. The van der Waals surface area contributed by atoms with E-state index in [1.165, 1.54) is 11.2 Å². The summed E-state index contributed by atoms with van der Waals surface area (Å²) >= 11 is 1.79. The minimum Gasteiger partial charge on any atom is -0.211 e. The number of rotatable bonds is 2. The average molecular weight is 248 g/mol. The van der Waals surface area contributed by atoms with E-state index in [1.807, 2.05) is 13.8 Å². The minimum atomic E-state index is -3.42. The van der Waals surface area contributed by atoms with E-state index in [1.54, 1.807) is 17.8 Å². The largest absolute Gasteiger partial charge is 0.230 e. The number of sulfonamides is 1. The molecule has 6 heteroatoms. The van der Waals surface area contributed by atoms with Crippen molar-refractivity contribution in [2.24, 2.45) is 0 Å². The van der Waals surface area contributed by atoms with Crippen molar-refractivity contribution in [3.63, 3.8) is 0 Å². The molecule has 0 aromatic carbocycles. The maximum Gasteiger partial charge on any atom is 0.230 e. The highest BCUT2D eigenvalue weighted by atomic mass is 32.2. The third-order valence-electron chi connectivity index (χ3n) is 2.37. The van der Waals surface area contributed by atoms with Gasteiger partial charge in [-0.15, -0.1) is 0 Å². The Morgan fingerprint density at radius 3 is 2.27 bits per heavy atom.